The van der Waals surface area contributed by atoms with Gasteiger partial charge >= 0.3 is 0 Å². The number of ether oxygens (including phenoxy) is 1. The van der Waals surface area contributed by atoms with Gasteiger partial charge in [-0.2, -0.15) is 5.10 Å². The lowest BCUT2D eigenvalue weighted by molar-refractivity contribution is 0.102. The average molecular weight is 461 g/mol. The van der Waals surface area contributed by atoms with Gasteiger partial charge < -0.3 is 15.4 Å². The molecule has 1 amide bonds. The summed E-state index contributed by atoms with van der Waals surface area (Å²) in [5, 5.41) is 11.3. The number of nitrogens with one attached hydrogen (secondary N) is 2. The Kier molecular flexibility index (Phi) is 6.95. The van der Waals surface area contributed by atoms with Crippen LogP contribution in [0.3, 0.4) is 0 Å². The molecular weight excluding hydrogens is 436 g/mol. The van der Waals surface area contributed by atoms with Crippen LogP contribution in [0.2, 0.25) is 5.02 Å². The number of carbonyl (C=O) groups is 1. The minimum absolute atomic E-state index is 0.186. The van der Waals surface area contributed by atoms with E-state index in [-0.39, 0.29) is 5.91 Å². The topological polar surface area (TPSA) is 68.2 Å². The Morgan fingerprint density at radius 2 is 1.64 bits per heavy atom. The second-order valence-corrected chi connectivity index (χ2v) is 7.94. The van der Waals surface area contributed by atoms with Gasteiger partial charge in [0, 0.05) is 23.5 Å². The number of aromatic nitrogens is 2. The number of para-hydroxylation sites is 1. The van der Waals surface area contributed by atoms with Gasteiger partial charge in [0.05, 0.1) is 22.1 Å². The molecule has 1 heterocycles. The Hall–Kier alpha value is -3.77. The van der Waals surface area contributed by atoms with Gasteiger partial charge in [-0.3, -0.25) is 4.79 Å². The number of benzene rings is 3. The monoisotopic (exact) mass is 460 g/mol. The highest BCUT2D eigenvalue weighted by Crippen LogP contribution is 2.23. The molecule has 7 heteroatoms. The highest BCUT2D eigenvalue weighted by atomic mass is 35.5. The van der Waals surface area contributed by atoms with Crippen LogP contribution in [0.15, 0.2) is 78.9 Å². The van der Waals surface area contributed by atoms with Gasteiger partial charge in [-0.05, 0) is 74.5 Å². The van der Waals surface area contributed by atoms with Crippen molar-refractivity contribution in [2.24, 2.45) is 0 Å². The predicted octanol–water partition coefficient (Wildman–Crippen LogP) is 5.89. The van der Waals surface area contributed by atoms with E-state index in [1.165, 1.54) is 0 Å². The third-order valence-corrected chi connectivity index (χ3v) is 5.71. The Bertz CT molecular complexity index is 1220. The summed E-state index contributed by atoms with van der Waals surface area (Å²) in [6.45, 7) is 5.00. The number of nitrogens with zero attached hydrogens (tertiary/aromatic N) is 2. The van der Waals surface area contributed by atoms with E-state index >= 15 is 0 Å². The van der Waals surface area contributed by atoms with Gasteiger partial charge in [0.15, 0.2) is 0 Å². The van der Waals surface area contributed by atoms with Crippen molar-refractivity contribution in [3.05, 3.63) is 101 Å². The van der Waals surface area contributed by atoms with E-state index in [4.69, 9.17) is 16.3 Å². The summed E-state index contributed by atoms with van der Waals surface area (Å²) in [6.07, 6.45) is 0. The Labute approximate surface area is 198 Å². The molecule has 2 N–H and O–H groups in total. The van der Waals surface area contributed by atoms with Gasteiger partial charge in [-0.25, -0.2) is 4.68 Å². The molecule has 4 aromatic rings. The van der Waals surface area contributed by atoms with Gasteiger partial charge in [-0.15, -0.1) is 0 Å². The molecule has 3 aromatic carbocycles. The molecule has 0 saturated carbocycles. The van der Waals surface area contributed by atoms with Crippen LogP contribution in [0.4, 0.5) is 11.4 Å². The molecule has 0 radical (unpaired) electrons. The summed E-state index contributed by atoms with van der Waals surface area (Å²) in [4.78, 5) is 12.6. The SMILES string of the molecule is Cc1nn(-c2ccc(NC(=O)c3ccc(OCCNc4ccccc4)cc3)cc2)c(C)c1Cl. The van der Waals surface area contributed by atoms with Crippen molar-refractivity contribution in [1.82, 2.24) is 9.78 Å². The minimum atomic E-state index is -0.186. The number of anilines is 2. The van der Waals surface area contributed by atoms with Crippen molar-refractivity contribution in [3.63, 3.8) is 0 Å². The molecule has 0 aliphatic rings. The van der Waals surface area contributed by atoms with Crippen LogP contribution in [-0.2, 0) is 0 Å². The number of hydrogen-bond acceptors (Lipinski definition) is 4. The Morgan fingerprint density at radius 1 is 0.939 bits per heavy atom. The van der Waals surface area contributed by atoms with E-state index < -0.39 is 0 Å². The second-order valence-electron chi connectivity index (χ2n) is 7.56. The molecule has 4 rings (SSSR count). The zero-order valence-electron chi connectivity index (χ0n) is 18.5. The fraction of sp³-hybridized carbons (Fsp3) is 0.154. The first-order valence-corrected chi connectivity index (χ1v) is 11.0. The highest BCUT2D eigenvalue weighted by Gasteiger charge is 2.11. The van der Waals surface area contributed by atoms with Crippen molar-refractivity contribution >= 4 is 28.9 Å². The zero-order chi connectivity index (χ0) is 23.2. The molecule has 0 unspecified atom stereocenters. The average Bonchev–Trinajstić information content (AvgIpc) is 3.10. The quantitative estimate of drug-likeness (QED) is 0.322. The van der Waals surface area contributed by atoms with Crippen molar-refractivity contribution in [1.29, 1.82) is 0 Å². The summed E-state index contributed by atoms with van der Waals surface area (Å²) in [5.74, 6) is 0.531. The predicted molar refractivity (Wildman–Crippen MR) is 133 cm³/mol. The molecule has 6 nitrogen and oxygen atoms in total. The molecule has 0 saturated heterocycles. The van der Waals surface area contributed by atoms with E-state index in [1.807, 2.05) is 68.4 Å². The summed E-state index contributed by atoms with van der Waals surface area (Å²) in [7, 11) is 0. The Balaban J connectivity index is 1.29. The van der Waals surface area contributed by atoms with Gasteiger partial charge in [-0.1, -0.05) is 29.8 Å². The Morgan fingerprint density at radius 3 is 2.27 bits per heavy atom. The maximum absolute atomic E-state index is 12.6. The molecular formula is C26H25ClN4O2. The third-order valence-electron chi connectivity index (χ3n) is 5.16. The maximum Gasteiger partial charge on any atom is 0.255 e. The van der Waals surface area contributed by atoms with Crippen LogP contribution in [0.25, 0.3) is 5.69 Å². The molecule has 33 heavy (non-hydrogen) atoms. The van der Waals surface area contributed by atoms with Crippen molar-refractivity contribution in [2.45, 2.75) is 13.8 Å². The molecule has 0 bridgehead atoms. The third kappa shape index (κ3) is 5.54. The van der Waals surface area contributed by atoms with Crippen LogP contribution in [0, 0.1) is 13.8 Å². The van der Waals surface area contributed by atoms with Crippen LogP contribution < -0.4 is 15.4 Å². The standard InChI is InChI=1S/C26H25ClN4O2/c1-18-25(27)19(2)31(30-18)23-12-10-22(11-13-23)29-26(32)20-8-14-24(15-9-20)33-17-16-28-21-6-4-3-5-7-21/h3-15,28H,16-17H2,1-2H3,(H,29,32). The molecule has 0 fully saturated rings. The first-order chi connectivity index (χ1) is 16.0. The van der Waals surface area contributed by atoms with Crippen molar-refractivity contribution in [3.8, 4) is 11.4 Å². The maximum atomic E-state index is 12.6. The molecule has 0 aliphatic heterocycles. The lowest BCUT2D eigenvalue weighted by Crippen LogP contribution is -2.13. The zero-order valence-corrected chi connectivity index (χ0v) is 19.3. The van der Waals surface area contributed by atoms with Crippen LogP contribution in [0.5, 0.6) is 5.75 Å². The number of hydrogen-bond donors (Lipinski definition) is 2. The summed E-state index contributed by atoms with van der Waals surface area (Å²) in [5.41, 5.74) is 4.85. The minimum Gasteiger partial charge on any atom is -0.492 e. The molecule has 0 atom stereocenters. The van der Waals surface area contributed by atoms with Gasteiger partial charge in [0.2, 0.25) is 0 Å². The van der Waals surface area contributed by atoms with Gasteiger partial charge in [0.25, 0.3) is 5.91 Å². The highest BCUT2D eigenvalue weighted by molar-refractivity contribution is 6.31. The van der Waals surface area contributed by atoms with E-state index in [0.717, 1.165) is 22.8 Å². The van der Waals surface area contributed by atoms with Crippen LogP contribution in [-0.4, -0.2) is 28.8 Å². The smallest absolute Gasteiger partial charge is 0.255 e. The largest absolute Gasteiger partial charge is 0.492 e. The number of rotatable bonds is 8. The number of aryl methyl sites for hydroxylation is 1. The molecule has 1 aromatic heterocycles. The van der Waals surface area contributed by atoms with Gasteiger partial charge in [0.1, 0.15) is 12.4 Å². The van der Waals surface area contributed by atoms with E-state index in [9.17, 15) is 4.79 Å². The number of carbonyl (C=O) groups excluding carboxylic acids is 1. The van der Waals surface area contributed by atoms with Crippen LogP contribution in [0.1, 0.15) is 21.7 Å². The lowest BCUT2D eigenvalue weighted by atomic mass is 10.2. The van der Waals surface area contributed by atoms with E-state index in [0.29, 0.717) is 35.2 Å². The molecule has 168 valence electrons. The second kappa shape index (κ2) is 10.2. The molecule has 0 spiro atoms. The van der Waals surface area contributed by atoms with E-state index in [1.54, 1.807) is 28.9 Å². The number of amides is 1. The first kappa shape index (κ1) is 22.4. The fourth-order valence-corrected chi connectivity index (χ4v) is 3.50. The summed E-state index contributed by atoms with van der Waals surface area (Å²) < 4.78 is 7.53. The summed E-state index contributed by atoms with van der Waals surface area (Å²) in [6, 6.07) is 24.5. The molecule has 0 aliphatic carbocycles. The van der Waals surface area contributed by atoms with E-state index in [2.05, 4.69) is 15.7 Å². The summed E-state index contributed by atoms with van der Waals surface area (Å²) >= 11 is 6.24. The fourth-order valence-electron chi connectivity index (χ4n) is 3.39. The number of halogens is 1. The van der Waals surface area contributed by atoms with Crippen molar-refractivity contribution in [2.75, 3.05) is 23.8 Å². The lowest BCUT2D eigenvalue weighted by Gasteiger charge is -2.10. The normalized spacial score (nSPS) is 10.6. The first-order valence-electron chi connectivity index (χ1n) is 10.7. The van der Waals surface area contributed by atoms with Crippen LogP contribution >= 0.6 is 11.6 Å². The van der Waals surface area contributed by atoms with Crippen molar-refractivity contribution < 1.29 is 9.53 Å².